The van der Waals surface area contributed by atoms with Gasteiger partial charge in [0.2, 0.25) is 21.7 Å². The Morgan fingerprint density at radius 3 is 2.58 bits per heavy atom. The molecule has 2 aromatic heterocycles. The highest BCUT2D eigenvalue weighted by Crippen LogP contribution is 2.32. The van der Waals surface area contributed by atoms with Gasteiger partial charge in [0.25, 0.3) is 0 Å². The van der Waals surface area contributed by atoms with Crippen molar-refractivity contribution in [1.82, 2.24) is 28.9 Å². The number of halogens is 3. The fraction of sp³-hybridized carbons (Fsp3) is 0.367. The summed E-state index contributed by atoms with van der Waals surface area (Å²) >= 11 is 0. The lowest BCUT2D eigenvalue weighted by Gasteiger charge is -2.35. The predicted octanol–water partition coefficient (Wildman–Crippen LogP) is 3.85. The largest absolute Gasteiger partial charge is 0.494 e. The number of methoxy groups -OCH3 is 1. The van der Waals surface area contributed by atoms with Gasteiger partial charge < -0.3 is 20.3 Å². The van der Waals surface area contributed by atoms with E-state index in [9.17, 15) is 22.0 Å². The third-order valence-corrected chi connectivity index (χ3v) is 10.3. The van der Waals surface area contributed by atoms with Crippen LogP contribution in [0, 0.1) is 17.6 Å². The molecule has 0 aliphatic carbocycles. The van der Waals surface area contributed by atoms with E-state index in [0.717, 1.165) is 13.0 Å². The molecule has 4 aromatic rings. The van der Waals surface area contributed by atoms with Crippen molar-refractivity contribution < 1.29 is 26.7 Å². The molecule has 2 aliphatic heterocycles. The molecular formula is C30H34ClF2N7O4S. The van der Waals surface area contributed by atoms with E-state index < -0.39 is 21.7 Å². The van der Waals surface area contributed by atoms with Crippen LogP contribution in [0.4, 0.5) is 20.3 Å². The summed E-state index contributed by atoms with van der Waals surface area (Å²) in [7, 11) is -2.52. The Balaban J connectivity index is 0.00000400. The minimum absolute atomic E-state index is 0. The summed E-state index contributed by atoms with van der Waals surface area (Å²) in [6.45, 7) is 4.59. The first-order chi connectivity index (χ1) is 21.2. The van der Waals surface area contributed by atoms with Crippen molar-refractivity contribution in [3.63, 3.8) is 0 Å². The first-order valence-electron chi connectivity index (χ1n) is 14.5. The molecule has 0 spiro atoms. The zero-order valence-electron chi connectivity index (χ0n) is 24.8. The third-order valence-electron chi connectivity index (χ3n) is 8.25. The fourth-order valence-electron chi connectivity index (χ4n) is 5.83. The molecule has 0 radical (unpaired) electrons. The number of imidazole rings is 1. The fourth-order valence-corrected chi connectivity index (χ4v) is 7.52. The number of nitrogens with one attached hydrogen (secondary N) is 2. The molecule has 4 heterocycles. The molecule has 1 amide bonds. The van der Waals surface area contributed by atoms with Gasteiger partial charge in [0.1, 0.15) is 0 Å². The second kappa shape index (κ2) is 13.3. The molecule has 6 rings (SSSR count). The van der Waals surface area contributed by atoms with Crippen molar-refractivity contribution in [2.24, 2.45) is 5.92 Å². The molecule has 11 nitrogen and oxygen atoms in total. The monoisotopic (exact) mass is 661 g/mol. The number of hydrogen-bond donors (Lipinski definition) is 2. The van der Waals surface area contributed by atoms with Crippen LogP contribution in [0.5, 0.6) is 5.75 Å². The van der Waals surface area contributed by atoms with Gasteiger partial charge in [-0.3, -0.25) is 9.20 Å². The molecule has 1 atom stereocenters. The summed E-state index contributed by atoms with van der Waals surface area (Å²) in [6, 6.07) is 7.76. The maximum atomic E-state index is 14.9. The maximum absolute atomic E-state index is 14.9. The van der Waals surface area contributed by atoms with Crippen LogP contribution in [-0.2, 0) is 21.2 Å². The second-order valence-electron chi connectivity index (χ2n) is 10.8. The SMILES string of the molecule is CCc1cc(Nc2nccn3c(-c4ccc(OC)c(F)c4F)cnc23)ccc1S(=O)(=O)N1CCN(C(=O)[C@@H]2CCNC2)CC1.Cl. The van der Waals surface area contributed by atoms with Crippen molar-refractivity contribution in [1.29, 1.82) is 0 Å². The summed E-state index contributed by atoms with van der Waals surface area (Å²) in [6.07, 6.45) is 5.80. The molecule has 2 N–H and O–H groups in total. The molecule has 0 bridgehead atoms. The van der Waals surface area contributed by atoms with Crippen molar-refractivity contribution in [3.8, 4) is 17.0 Å². The number of nitrogens with zero attached hydrogens (tertiary/aromatic N) is 5. The van der Waals surface area contributed by atoms with E-state index in [1.807, 2.05) is 6.92 Å². The van der Waals surface area contributed by atoms with Crippen LogP contribution >= 0.6 is 12.4 Å². The zero-order chi connectivity index (χ0) is 31.0. The summed E-state index contributed by atoms with van der Waals surface area (Å²) in [5.74, 6) is -1.94. The van der Waals surface area contributed by atoms with Crippen LogP contribution < -0.4 is 15.4 Å². The Labute approximate surface area is 266 Å². The van der Waals surface area contributed by atoms with Crippen molar-refractivity contribution in [2.75, 3.05) is 51.7 Å². The molecule has 2 aliphatic rings. The summed E-state index contributed by atoms with van der Waals surface area (Å²) < 4.78 is 64.5. The van der Waals surface area contributed by atoms with E-state index >= 15 is 0 Å². The quantitative estimate of drug-likeness (QED) is 0.292. The van der Waals surface area contributed by atoms with Crippen LogP contribution in [0.1, 0.15) is 18.9 Å². The third kappa shape index (κ3) is 6.07. The van der Waals surface area contributed by atoms with E-state index in [4.69, 9.17) is 4.74 Å². The minimum Gasteiger partial charge on any atom is -0.494 e. The Kier molecular flexibility index (Phi) is 9.58. The average molecular weight is 662 g/mol. The Hall–Kier alpha value is -3.85. The van der Waals surface area contributed by atoms with Gasteiger partial charge in [-0.1, -0.05) is 6.92 Å². The Morgan fingerprint density at radius 2 is 1.89 bits per heavy atom. The summed E-state index contributed by atoms with van der Waals surface area (Å²) in [5.41, 5.74) is 1.91. The van der Waals surface area contributed by atoms with Crippen LogP contribution in [-0.4, -0.2) is 84.3 Å². The number of carbonyl (C=O) groups is 1. The number of aromatic nitrogens is 3. The number of ether oxygens (including phenoxy) is 1. The topological polar surface area (TPSA) is 121 Å². The molecule has 15 heteroatoms. The number of hydrogen-bond acceptors (Lipinski definition) is 8. The lowest BCUT2D eigenvalue weighted by Crippen LogP contribution is -2.52. The standard InChI is InChI=1S/C30H33F2N7O4S.ClH/c1-3-19-16-21(4-7-25(19)44(41,42)38-14-12-37(13-15-38)30(40)20-8-9-33-17-20)36-28-29-35-18-23(39(29)11-10-34-28)22-5-6-24(43-2)27(32)26(22)31;/h4-7,10-11,16,18,20,33H,3,8-9,12-15,17H2,1-2H3,(H,34,36);1H/t20-;/m1./s1. The van der Waals surface area contributed by atoms with Crippen LogP contribution in [0.15, 0.2) is 53.8 Å². The smallest absolute Gasteiger partial charge is 0.243 e. The number of anilines is 2. The predicted molar refractivity (Wildman–Crippen MR) is 168 cm³/mol. The van der Waals surface area contributed by atoms with Crippen LogP contribution in [0.25, 0.3) is 16.9 Å². The maximum Gasteiger partial charge on any atom is 0.243 e. The number of carbonyl (C=O) groups excluding carboxylic acids is 1. The van der Waals surface area contributed by atoms with Gasteiger partial charge >= 0.3 is 0 Å². The summed E-state index contributed by atoms with van der Waals surface area (Å²) in [4.78, 5) is 23.5. The number of amides is 1. The molecule has 0 saturated carbocycles. The van der Waals surface area contributed by atoms with E-state index in [2.05, 4.69) is 20.6 Å². The Bertz CT molecular complexity index is 1820. The minimum atomic E-state index is -3.79. The number of aryl methyl sites for hydroxylation is 1. The number of piperazine rings is 1. The van der Waals surface area contributed by atoms with Crippen molar-refractivity contribution in [3.05, 3.63) is 66.1 Å². The van der Waals surface area contributed by atoms with Gasteiger partial charge in [-0.05, 0) is 55.3 Å². The zero-order valence-corrected chi connectivity index (χ0v) is 26.4. The second-order valence-corrected chi connectivity index (χ2v) is 12.7. The van der Waals surface area contributed by atoms with E-state index in [1.165, 1.54) is 35.9 Å². The number of sulfonamides is 1. The highest BCUT2D eigenvalue weighted by Gasteiger charge is 2.34. The molecule has 2 aromatic carbocycles. The van der Waals surface area contributed by atoms with Gasteiger partial charge in [-0.15, -0.1) is 12.4 Å². The van der Waals surface area contributed by atoms with Gasteiger partial charge in [0.05, 0.1) is 29.8 Å². The lowest BCUT2D eigenvalue weighted by atomic mass is 10.1. The molecule has 2 fully saturated rings. The van der Waals surface area contributed by atoms with Gasteiger partial charge in [-0.25, -0.2) is 22.8 Å². The first kappa shape index (κ1) is 32.5. The van der Waals surface area contributed by atoms with Gasteiger partial charge in [0.15, 0.2) is 23.0 Å². The van der Waals surface area contributed by atoms with Crippen LogP contribution in [0.3, 0.4) is 0 Å². The molecule has 0 unspecified atom stereocenters. The normalized spacial score (nSPS) is 17.3. The van der Waals surface area contributed by atoms with Crippen molar-refractivity contribution >= 4 is 45.5 Å². The van der Waals surface area contributed by atoms with Crippen LogP contribution in [0.2, 0.25) is 0 Å². The van der Waals surface area contributed by atoms with E-state index in [-0.39, 0.29) is 53.5 Å². The van der Waals surface area contributed by atoms with Gasteiger partial charge in [0, 0.05) is 56.4 Å². The molecule has 2 saturated heterocycles. The number of fused-ring (bicyclic) bond motifs is 1. The van der Waals surface area contributed by atoms with Crippen molar-refractivity contribution in [2.45, 2.75) is 24.7 Å². The Morgan fingerprint density at radius 1 is 1.11 bits per heavy atom. The molecule has 45 heavy (non-hydrogen) atoms. The number of rotatable bonds is 8. The summed E-state index contributed by atoms with van der Waals surface area (Å²) in [5, 5.41) is 6.40. The van der Waals surface area contributed by atoms with E-state index in [0.29, 0.717) is 54.5 Å². The highest BCUT2D eigenvalue weighted by atomic mass is 35.5. The number of benzene rings is 2. The van der Waals surface area contributed by atoms with Gasteiger partial charge in [-0.2, -0.15) is 8.70 Å². The first-order valence-corrected chi connectivity index (χ1v) is 15.9. The van der Waals surface area contributed by atoms with E-state index in [1.54, 1.807) is 33.7 Å². The lowest BCUT2D eigenvalue weighted by molar-refractivity contribution is -0.136. The highest BCUT2D eigenvalue weighted by molar-refractivity contribution is 7.89. The average Bonchev–Trinajstić information content (AvgIpc) is 3.73. The molecular weight excluding hydrogens is 628 g/mol. The molecule has 240 valence electrons.